The van der Waals surface area contributed by atoms with E-state index in [2.05, 4.69) is 31.9 Å². The van der Waals surface area contributed by atoms with Crippen LogP contribution in [0.1, 0.15) is 52.4 Å². The molecule has 0 saturated heterocycles. The molecule has 4 aliphatic rings. The molecule has 0 spiro atoms. The van der Waals surface area contributed by atoms with Crippen LogP contribution in [0.25, 0.3) is 0 Å². The molecule has 27 heavy (non-hydrogen) atoms. The number of hydrogen-bond donors (Lipinski definition) is 2. The maximum Gasteiger partial charge on any atom is 0.313 e. The minimum Gasteiger partial charge on any atom is -0.469 e. The van der Waals surface area contributed by atoms with E-state index in [1.54, 1.807) is 0 Å². The van der Waals surface area contributed by atoms with E-state index in [9.17, 15) is 15.0 Å². The average molecular weight is 370 g/mol. The summed E-state index contributed by atoms with van der Waals surface area (Å²) in [6.07, 6.45) is 14.1. The first-order valence-corrected chi connectivity index (χ1v) is 10.1. The van der Waals surface area contributed by atoms with E-state index in [0.29, 0.717) is 12.8 Å². The Morgan fingerprint density at radius 3 is 2.74 bits per heavy atom. The zero-order valence-electron chi connectivity index (χ0n) is 16.5. The molecule has 7 unspecified atom stereocenters. The Bertz CT molecular complexity index is 774. The van der Waals surface area contributed by atoms with Crippen molar-refractivity contribution in [2.24, 2.45) is 28.6 Å². The zero-order valence-corrected chi connectivity index (χ0v) is 16.5. The van der Waals surface area contributed by atoms with Crippen LogP contribution in [0.15, 0.2) is 23.3 Å². The third-order valence-electron chi connectivity index (χ3n) is 8.38. The van der Waals surface area contributed by atoms with Crippen molar-refractivity contribution in [2.75, 3.05) is 7.11 Å². The minimum atomic E-state index is -1.13. The second-order valence-corrected chi connectivity index (χ2v) is 9.43. The number of esters is 1. The molecule has 0 amide bonds. The van der Waals surface area contributed by atoms with Gasteiger partial charge in [0.25, 0.3) is 0 Å². The van der Waals surface area contributed by atoms with E-state index >= 15 is 0 Å². The Balaban J connectivity index is 1.86. The number of hydrogen-bond acceptors (Lipinski definition) is 4. The van der Waals surface area contributed by atoms with Crippen LogP contribution < -0.4 is 0 Å². The van der Waals surface area contributed by atoms with Crippen molar-refractivity contribution < 1.29 is 19.7 Å². The van der Waals surface area contributed by atoms with Crippen LogP contribution >= 0.6 is 0 Å². The van der Waals surface area contributed by atoms with Gasteiger partial charge in [0.15, 0.2) is 0 Å². The predicted octanol–water partition coefficient (Wildman–Crippen LogP) is 2.99. The van der Waals surface area contributed by atoms with Crippen LogP contribution in [0.2, 0.25) is 0 Å². The van der Waals surface area contributed by atoms with Gasteiger partial charge in [-0.25, -0.2) is 0 Å². The molecule has 4 rings (SSSR count). The van der Waals surface area contributed by atoms with Crippen molar-refractivity contribution in [3.8, 4) is 12.3 Å². The molecule has 4 nitrogen and oxygen atoms in total. The van der Waals surface area contributed by atoms with Crippen molar-refractivity contribution in [1.29, 1.82) is 0 Å². The fraction of sp³-hybridized carbons (Fsp3) is 0.696. The number of ether oxygens (including phenoxy) is 1. The number of terminal acetylenes is 1. The topological polar surface area (TPSA) is 66.8 Å². The smallest absolute Gasteiger partial charge is 0.313 e. The van der Waals surface area contributed by atoms with Crippen molar-refractivity contribution in [1.82, 2.24) is 0 Å². The van der Waals surface area contributed by atoms with E-state index in [-0.39, 0.29) is 35.2 Å². The predicted molar refractivity (Wildman–Crippen MR) is 102 cm³/mol. The van der Waals surface area contributed by atoms with Gasteiger partial charge < -0.3 is 14.9 Å². The highest BCUT2D eigenvalue weighted by Gasteiger charge is 2.63. The molecule has 0 radical (unpaired) electrons. The van der Waals surface area contributed by atoms with Crippen LogP contribution in [0.4, 0.5) is 0 Å². The number of allylic oxidation sites excluding steroid dienone is 2. The van der Waals surface area contributed by atoms with Gasteiger partial charge in [0.05, 0.1) is 19.1 Å². The molecule has 2 N–H and O–H groups in total. The lowest BCUT2D eigenvalue weighted by atomic mass is 9.49. The monoisotopic (exact) mass is 370 g/mol. The molecule has 0 heterocycles. The van der Waals surface area contributed by atoms with Crippen molar-refractivity contribution in [3.63, 3.8) is 0 Å². The molecule has 7 atom stereocenters. The quantitative estimate of drug-likeness (QED) is 0.423. The highest BCUT2D eigenvalue weighted by atomic mass is 16.5. The number of aliphatic hydroxyl groups excluding tert-OH is 1. The number of rotatable bonds is 1. The summed E-state index contributed by atoms with van der Waals surface area (Å²) in [6, 6.07) is 0. The fourth-order valence-electron chi connectivity index (χ4n) is 6.57. The summed E-state index contributed by atoms with van der Waals surface area (Å²) in [5, 5.41) is 21.3. The lowest BCUT2D eigenvalue weighted by molar-refractivity contribution is -0.147. The van der Waals surface area contributed by atoms with Gasteiger partial charge in [-0.15, -0.1) is 6.42 Å². The summed E-state index contributed by atoms with van der Waals surface area (Å²) in [5.74, 6) is 2.20. The highest BCUT2D eigenvalue weighted by Crippen LogP contribution is 2.66. The van der Waals surface area contributed by atoms with E-state index < -0.39 is 11.0 Å². The van der Waals surface area contributed by atoms with Gasteiger partial charge in [0.1, 0.15) is 5.60 Å². The zero-order chi connectivity index (χ0) is 19.6. The summed E-state index contributed by atoms with van der Waals surface area (Å²) in [6.45, 7) is 4.33. The van der Waals surface area contributed by atoms with Gasteiger partial charge in [-0.05, 0) is 44.4 Å². The number of carbonyl (C=O) groups is 1. The lowest BCUT2D eigenvalue weighted by Crippen LogP contribution is -2.53. The Hall–Kier alpha value is -1.57. The Morgan fingerprint density at radius 1 is 1.33 bits per heavy atom. The molecule has 2 saturated carbocycles. The van der Waals surface area contributed by atoms with Crippen LogP contribution in [0, 0.1) is 40.9 Å². The second kappa shape index (κ2) is 5.96. The van der Waals surface area contributed by atoms with Crippen molar-refractivity contribution >= 4 is 5.97 Å². The molecule has 0 bridgehead atoms. The third kappa shape index (κ3) is 2.34. The molecular weight excluding hydrogens is 340 g/mol. The molecule has 2 fully saturated rings. The second-order valence-electron chi connectivity index (χ2n) is 9.43. The van der Waals surface area contributed by atoms with Crippen LogP contribution in [-0.2, 0) is 9.53 Å². The van der Waals surface area contributed by atoms with E-state index in [1.165, 1.54) is 12.7 Å². The Labute approximate surface area is 161 Å². The van der Waals surface area contributed by atoms with Crippen LogP contribution in [0.3, 0.4) is 0 Å². The molecule has 146 valence electrons. The Morgan fingerprint density at radius 2 is 2.07 bits per heavy atom. The molecule has 4 heteroatoms. The van der Waals surface area contributed by atoms with Crippen LogP contribution in [-0.4, -0.2) is 35.0 Å². The lowest BCUT2D eigenvalue weighted by Gasteiger charge is -2.55. The average Bonchev–Trinajstić information content (AvgIpc) is 2.93. The summed E-state index contributed by atoms with van der Waals surface area (Å²) in [5.41, 5.74) is 0.776. The van der Waals surface area contributed by atoms with Gasteiger partial charge in [-0.2, -0.15) is 0 Å². The van der Waals surface area contributed by atoms with Gasteiger partial charge in [-0.1, -0.05) is 43.1 Å². The number of aliphatic hydroxyl groups is 2. The van der Waals surface area contributed by atoms with E-state index in [4.69, 9.17) is 11.2 Å². The van der Waals surface area contributed by atoms with Gasteiger partial charge in [-0.3, -0.25) is 4.79 Å². The van der Waals surface area contributed by atoms with Gasteiger partial charge in [0, 0.05) is 16.7 Å². The third-order valence-corrected chi connectivity index (χ3v) is 8.38. The maximum absolute atomic E-state index is 12.7. The molecule has 0 aromatic carbocycles. The van der Waals surface area contributed by atoms with Crippen LogP contribution in [0.5, 0.6) is 0 Å². The van der Waals surface area contributed by atoms with Gasteiger partial charge in [0.2, 0.25) is 0 Å². The summed E-state index contributed by atoms with van der Waals surface area (Å²) >= 11 is 0. The molecule has 0 aromatic rings. The first-order valence-electron chi connectivity index (χ1n) is 10.1. The fourth-order valence-corrected chi connectivity index (χ4v) is 6.57. The molecular formula is C23H30O4. The summed E-state index contributed by atoms with van der Waals surface area (Å²) in [7, 11) is 1.43. The molecule has 4 aliphatic carbocycles. The molecule has 0 aliphatic heterocycles. The van der Waals surface area contributed by atoms with Crippen molar-refractivity contribution in [2.45, 2.75) is 64.1 Å². The maximum atomic E-state index is 12.7. The summed E-state index contributed by atoms with van der Waals surface area (Å²) < 4.78 is 5.16. The number of methoxy groups -OCH3 is 1. The number of carbonyl (C=O) groups excluding carboxylic acids is 1. The number of fused-ring (bicyclic) bond motifs is 5. The standard InChI is InChI=1S/C23H30O4/c1-5-23(26)11-8-18-19-16(20(25)27-4)13-14-12-15(24)6-9-21(14,2)17(19)7-10-22(18,23)3/h1,7,13,15-16,18-19,24,26H,6,8-12H2,2-4H3. The van der Waals surface area contributed by atoms with E-state index in [0.717, 1.165) is 31.3 Å². The molecule has 0 aromatic heterocycles. The normalized spacial score (nSPS) is 48.3. The largest absolute Gasteiger partial charge is 0.469 e. The van der Waals surface area contributed by atoms with Crippen molar-refractivity contribution in [3.05, 3.63) is 23.3 Å². The summed E-state index contributed by atoms with van der Waals surface area (Å²) in [4.78, 5) is 12.7. The Kier molecular flexibility index (Phi) is 4.15. The first-order chi connectivity index (χ1) is 12.7. The first kappa shape index (κ1) is 18.8. The van der Waals surface area contributed by atoms with Gasteiger partial charge >= 0.3 is 5.97 Å². The SMILES string of the molecule is C#CC1(O)CCC2C3C(=CCC21C)C1(C)CCC(O)CC1=CC3C(=O)OC. The van der Waals surface area contributed by atoms with E-state index in [1.807, 2.05) is 0 Å². The minimum absolute atomic E-state index is 0.00238. The highest BCUT2D eigenvalue weighted by molar-refractivity contribution is 5.77.